The van der Waals surface area contributed by atoms with Crippen LogP contribution in [0.3, 0.4) is 0 Å². The molecule has 3 aromatic rings. The molecule has 1 heterocycles. The van der Waals surface area contributed by atoms with Crippen LogP contribution in [0.4, 0.5) is 23.2 Å². The number of nitrogens with one attached hydrogen (secondary N) is 1. The van der Waals surface area contributed by atoms with Gasteiger partial charge in [-0.1, -0.05) is 18.2 Å². The van der Waals surface area contributed by atoms with E-state index in [4.69, 9.17) is 0 Å². The summed E-state index contributed by atoms with van der Waals surface area (Å²) in [5.41, 5.74) is 1.09. The average molecular weight is 388 g/mol. The maximum atomic E-state index is 13.7. The number of pyridine rings is 1. The van der Waals surface area contributed by atoms with Gasteiger partial charge in [-0.3, -0.25) is 9.78 Å². The summed E-state index contributed by atoms with van der Waals surface area (Å²) in [5.74, 6) is -0.568. The van der Waals surface area contributed by atoms with E-state index < -0.39 is 17.6 Å². The Kier molecular flexibility index (Phi) is 4.53. The maximum Gasteiger partial charge on any atom is 0.416 e. The van der Waals surface area contributed by atoms with Crippen molar-refractivity contribution >= 4 is 22.4 Å². The first-order valence-electron chi connectivity index (χ1n) is 8.89. The molecule has 0 amide bonds. The van der Waals surface area contributed by atoms with Crippen LogP contribution < -0.4 is 5.32 Å². The predicted molar refractivity (Wildman–Crippen MR) is 97.7 cm³/mol. The molecule has 2 aromatic carbocycles. The van der Waals surface area contributed by atoms with Gasteiger partial charge in [0.1, 0.15) is 5.82 Å². The number of alkyl halides is 3. The van der Waals surface area contributed by atoms with Gasteiger partial charge >= 0.3 is 6.18 Å². The van der Waals surface area contributed by atoms with Crippen LogP contribution in [0.15, 0.2) is 42.5 Å². The first kappa shape index (κ1) is 18.4. The van der Waals surface area contributed by atoms with E-state index in [1.54, 1.807) is 0 Å². The zero-order chi connectivity index (χ0) is 19.9. The standard InChI is InChI=1S/C21H16F4N2O/c22-13-8-9-14-17(10-13)27-16-6-3-7-18(28)19(16)20(14)26-11-12-4-1-2-5-15(12)21(23,24)25/h1-2,4-5,8-10H,3,6-7,11H2,(H,26,27). The minimum Gasteiger partial charge on any atom is -0.380 e. The van der Waals surface area contributed by atoms with Gasteiger partial charge in [0.25, 0.3) is 0 Å². The lowest BCUT2D eigenvalue weighted by molar-refractivity contribution is -0.138. The van der Waals surface area contributed by atoms with E-state index in [0.717, 1.165) is 6.07 Å². The number of hydrogen-bond donors (Lipinski definition) is 1. The average Bonchev–Trinajstić information content (AvgIpc) is 2.64. The molecule has 1 aromatic heterocycles. The van der Waals surface area contributed by atoms with E-state index in [0.29, 0.717) is 47.1 Å². The van der Waals surface area contributed by atoms with Gasteiger partial charge in [0.15, 0.2) is 5.78 Å². The fourth-order valence-electron chi connectivity index (χ4n) is 3.63. The largest absolute Gasteiger partial charge is 0.416 e. The molecule has 7 heteroatoms. The molecule has 0 spiro atoms. The van der Waals surface area contributed by atoms with E-state index >= 15 is 0 Å². The van der Waals surface area contributed by atoms with Gasteiger partial charge in [0, 0.05) is 24.4 Å². The Morgan fingerprint density at radius 1 is 1.07 bits per heavy atom. The second-order valence-corrected chi connectivity index (χ2v) is 6.76. The van der Waals surface area contributed by atoms with Crippen LogP contribution >= 0.6 is 0 Å². The molecule has 0 bridgehead atoms. The van der Waals surface area contributed by atoms with Crippen molar-refractivity contribution < 1.29 is 22.4 Å². The SMILES string of the molecule is O=C1CCCc2nc3cc(F)ccc3c(NCc3ccccc3C(F)(F)F)c21. The van der Waals surface area contributed by atoms with Gasteiger partial charge < -0.3 is 5.32 Å². The lowest BCUT2D eigenvalue weighted by atomic mass is 9.91. The molecule has 0 saturated carbocycles. The van der Waals surface area contributed by atoms with Gasteiger partial charge in [0.05, 0.1) is 28.0 Å². The van der Waals surface area contributed by atoms with E-state index in [-0.39, 0.29) is 17.9 Å². The third kappa shape index (κ3) is 3.32. The summed E-state index contributed by atoms with van der Waals surface area (Å²) < 4.78 is 53.5. The summed E-state index contributed by atoms with van der Waals surface area (Å²) >= 11 is 0. The molecule has 0 radical (unpaired) electrons. The Balaban J connectivity index is 1.81. The van der Waals surface area contributed by atoms with Gasteiger partial charge in [-0.15, -0.1) is 0 Å². The van der Waals surface area contributed by atoms with Crippen molar-refractivity contribution in [3.63, 3.8) is 0 Å². The zero-order valence-electron chi connectivity index (χ0n) is 14.7. The highest BCUT2D eigenvalue weighted by molar-refractivity contribution is 6.09. The number of benzene rings is 2. The molecule has 4 rings (SSSR count). The van der Waals surface area contributed by atoms with Gasteiger partial charge in [-0.05, 0) is 36.6 Å². The first-order chi connectivity index (χ1) is 13.3. The van der Waals surface area contributed by atoms with Crippen molar-refractivity contribution in [1.82, 2.24) is 4.98 Å². The normalized spacial score (nSPS) is 14.2. The van der Waals surface area contributed by atoms with Gasteiger partial charge in [0.2, 0.25) is 0 Å². The van der Waals surface area contributed by atoms with Crippen LogP contribution in [0, 0.1) is 5.82 Å². The number of aryl methyl sites for hydroxylation is 1. The van der Waals surface area contributed by atoms with Crippen LogP contribution in [0.25, 0.3) is 10.9 Å². The van der Waals surface area contributed by atoms with Crippen molar-refractivity contribution in [1.29, 1.82) is 0 Å². The van der Waals surface area contributed by atoms with Crippen molar-refractivity contribution in [2.24, 2.45) is 0 Å². The smallest absolute Gasteiger partial charge is 0.380 e. The number of carbonyl (C=O) groups excluding carboxylic acids is 1. The van der Waals surface area contributed by atoms with Crippen molar-refractivity contribution in [3.05, 3.63) is 70.7 Å². The third-order valence-corrected chi connectivity index (χ3v) is 4.90. The highest BCUT2D eigenvalue weighted by Gasteiger charge is 2.33. The lowest BCUT2D eigenvalue weighted by Gasteiger charge is -2.21. The number of ketones is 1. The lowest BCUT2D eigenvalue weighted by Crippen LogP contribution is -2.18. The minimum atomic E-state index is -4.48. The summed E-state index contributed by atoms with van der Waals surface area (Å²) in [7, 11) is 0. The quantitative estimate of drug-likeness (QED) is 0.601. The van der Waals surface area contributed by atoms with E-state index in [9.17, 15) is 22.4 Å². The first-order valence-corrected chi connectivity index (χ1v) is 8.89. The van der Waals surface area contributed by atoms with Crippen LogP contribution in [-0.2, 0) is 19.1 Å². The molecule has 144 valence electrons. The maximum absolute atomic E-state index is 13.7. The van der Waals surface area contributed by atoms with Crippen LogP contribution in [0.2, 0.25) is 0 Å². The Morgan fingerprint density at radius 3 is 2.64 bits per heavy atom. The monoisotopic (exact) mass is 388 g/mol. The number of Topliss-reactive ketones (excluding diaryl/α,β-unsaturated/α-hetero) is 1. The fraction of sp³-hybridized carbons (Fsp3) is 0.238. The predicted octanol–water partition coefficient (Wildman–Crippen LogP) is 5.52. The molecule has 1 aliphatic rings. The van der Waals surface area contributed by atoms with Crippen LogP contribution in [0.1, 0.15) is 40.0 Å². The summed E-state index contributed by atoms with van der Waals surface area (Å²) in [6.07, 6.45) is -2.90. The number of fused-ring (bicyclic) bond motifs is 2. The number of rotatable bonds is 3. The summed E-state index contributed by atoms with van der Waals surface area (Å²) in [4.78, 5) is 16.9. The number of carbonyl (C=O) groups is 1. The number of anilines is 1. The van der Waals surface area contributed by atoms with Gasteiger partial charge in [-0.25, -0.2) is 4.39 Å². The molecule has 0 unspecified atom stereocenters. The van der Waals surface area contributed by atoms with E-state index in [1.807, 2.05) is 0 Å². The van der Waals surface area contributed by atoms with E-state index in [1.165, 1.54) is 36.4 Å². The molecule has 0 saturated heterocycles. The highest BCUT2D eigenvalue weighted by Crippen LogP contribution is 2.36. The second kappa shape index (κ2) is 6.89. The molecule has 0 atom stereocenters. The minimum absolute atomic E-state index is 0.0686. The summed E-state index contributed by atoms with van der Waals surface area (Å²) in [6, 6.07) is 9.31. The highest BCUT2D eigenvalue weighted by atomic mass is 19.4. The topological polar surface area (TPSA) is 42.0 Å². The summed E-state index contributed by atoms with van der Waals surface area (Å²) in [6.45, 7) is -0.119. The number of nitrogens with zero attached hydrogens (tertiary/aromatic N) is 1. The Hall–Kier alpha value is -2.96. The molecule has 28 heavy (non-hydrogen) atoms. The van der Waals surface area contributed by atoms with Crippen LogP contribution in [-0.4, -0.2) is 10.8 Å². The molecule has 0 fully saturated rings. The molecule has 1 aliphatic carbocycles. The number of halogens is 4. The molecule has 0 aliphatic heterocycles. The van der Waals surface area contributed by atoms with Crippen LogP contribution in [0.5, 0.6) is 0 Å². The van der Waals surface area contributed by atoms with Crippen molar-refractivity contribution in [2.75, 3.05) is 5.32 Å². The van der Waals surface area contributed by atoms with Crippen molar-refractivity contribution in [2.45, 2.75) is 32.0 Å². The molecular weight excluding hydrogens is 372 g/mol. The number of hydrogen-bond acceptors (Lipinski definition) is 3. The zero-order valence-corrected chi connectivity index (χ0v) is 14.7. The third-order valence-electron chi connectivity index (χ3n) is 4.90. The molecular formula is C21H16F4N2O. The molecule has 3 nitrogen and oxygen atoms in total. The van der Waals surface area contributed by atoms with Crippen molar-refractivity contribution in [3.8, 4) is 0 Å². The Bertz CT molecular complexity index is 1080. The number of aromatic nitrogens is 1. The van der Waals surface area contributed by atoms with Gasteiger partial charge in [-0.2, -0.15) is 13.2 Å². The second-order valence-electron chi connectivity index (χ2n) is 6.76. The Labute approximate surface area is 158 Å². The Morgan fingerprint density at radius 2 is 1.86 bits per heavy atom. The fourth-order valence-corrected chi connectivity index (χ4v) is 3.63. The van der Waals surface area contributed by atoms with E-state index in [2.05, 4.69) is 10.3 Å². The molecule has 1 N–H and O–H groups in total. The summed E-state index contributed by atoms with van der Waals surface area (Å²) in [5, 5.41) is 3.52.